The summed E-state index contributed by atoms with van der Waals surface area (Å²) in [7, 11) is 0. The van der Waals surface area contributed by atoms with Crippen molar-refractivity contribution >= 4 is 51.1 Å². The van der Waals surface area contributed by atoms with Crippen LogP contribution in [-0.2, 0) is 4.79 Å². The van der Waals surface area contributed by atoms with Gasteiger partial charge in [0.25, 0.3) is 5.91 Å². The Labute approximate surface area is 169 Å². The van der Waals surface area contributed by atoms with E-state index in [4.69, 9.17) is 4.74 Å². The summed E-state index contributed by atoms with van der Waals surface area (Å²) < 4.78 is 5.36. The van der Waals surface area contributed by atoms with Gasteiger partial charge in [0, 0.05) is 17.0 Å². The molecule has 1 aliphatic rings. The Hall–Kier alpha value is -2.97. The van der Waals surface area contributed by atoms with E-state index >= 15 is 0 Å². The molecule has 8 heteroatoms. The molecule has 0 aliphatic heterocycles. The van der Waals surface area contributed by atoms with E-state index in [9.17, 15) is 14.4 Å². The topological polar surface area (TPSA) is 84.5 Å². The minimum Gasteiger partial charge on any atom is -0.422 e. The van der Waals surface area contributed by atoms with Gasteiger partial charge in [0.15, 0.2) is 0 Å². The smallest absolute Gasteiger partial charge is 0.353 e. The molecule has 2 N–H and O–H groups in total. The number of carbonyl (C=O) groups excluding carboxylic acids is 3. The van der Waals surface area contributed by atoms with E-state index in [1.54, 1.807) is 47.8 Å². The highest BCUT2D eigenvalue weighted by atomic mass is 32.1. The molecule has 0 spiro atoms. The molecule has 3 aromatic rings. The second-order valence-electron chi connectivity index (χ2n) is 6.31. The van der Waals surface area contributed by atoms with Crippen molar-refractivity contribution < 1.29 is 19.1 Å². The molecule has 0 saturated heterocycles. The molecule has 6 nitrogen and oxygen atoms in total. The van der Waals surface area contributed by atoms with E-state index in [0.717, 1.165) is 12.8 Å². The number of ether oxygens (including phenoxy) is 1. The van der Waals surface area contributed by atoms with Crippen LogP contribution < -0.4 is 15.4 Å². The van der Waals surface area contributed by atoms with Crippen LogP contribution in [0.5, 0.6) is 5.75 Å². The number of amides is 2. The molecule has 1 fully saturated rings. The lowest BCUT2D eigenvalue weighted by atomic mass is 10.2. The first-order chi connectivity index (χ1) is 13.6. The van der Waals surface area contributed by atoms with Crippen molar-refractivity contribution in [3.8, 4) is 5.75 Å². The van der Waals surface area contributed by atoms with Crippen LogP contribution in [0.1, 0.15) is 32.9 Å². The first-order valence-corrected chi connectivity index (χ1v) is 10.4. The zero-order chi connectivity index (χ0) is 19.5. The first-order valence-electron chi connectivity index (χ1n) is 8.65. The minimum absolute atomic E-state index is 0.00172. The van der Waals surface area contributed by atoms with Gasteiger partial charge in [-0.3, -0.25) is 9.59 Å². The van der Waals surface area contributed by atoms with Crippen molar-refractivity contribution in [3.05, 3.63) is 63.7 Å². The maximum atomic E-state index is 12.3. The summed E-state index contributed by atoms with van der Waals surface area (Å²) in [6.45, 7) is 0. The second-order valence-corrected chi connectivity index (χ2v) is 8.17. The predicted molar refractivity (Wildman–Crippen MR) is 109 cm³/mol. The number of hydrogen-bond donors (Lipinski definition) is 2. The van der Waals surface area contributed by atoms with Gasteiger partial charge in [-0.2, -0.15) is 11.3 Å². The third-order valence-corrected chi connectivity index (χ3v) is 5.77. The van der Waals surface area contributed by atoms with E-state index < -0.39 is 5.97 Å². The Morgan fingerprint density at radius 2 is 1.75 bits per heavy atom. The average molecular weight is 412 g/mol. The Balaban J connectivity index is 1.33. The molecule has 0 bridgehead atoms. The molecule has 0 atom stereocenters. The molecule has 0 unspecified atom stereocenters. The van der Waals surface area contributed by atoms with Crippen molar-refractivity contribution in [2.24, 2.45) is 5.92 Å². The third-order valence-electron chi connectivity index (χ3n) is 4.11. The molecule has 2 aromatic heterocycles. The van der Waals surface area contributed by atoms with E-state index in [1.807, 2.05) is 5.38 Å². The molecule has 1 aliphatic carbocycles. The zero-order valence-electron chi connectivity index (χ0n) is 14.6. The average Bonchev–Trinajstić information content (AvgIpc) is 3.19. The quantitative estimate of drug-likeness (QED) is 0.457. The van der Waals surface area contributed by atoms with Gasteiger partial charge in [-0.1, -0.05) is 0 Å². The Morgan fingerprint density at radius 1 is 0.964 bits per heavy atom. The molecule has 28 heavy (non-hydrogen) atoms. The van der Waals surface area contributed by atoms with Gasteiger partial charge in [0.2, 0.25) is 5.91 Å². The van der Waals surface area contributed by atoms with Gasteiger partial charge in [0.1, 0.15) is 10.6 Å². The fourth-order valence-electron chi connectivity index (χ4n) is 2.44. The van der Waals surface area contributed by atoms with Gasteiger partial charge in [0.05, 0.1) is 10.6 Å². The van der Waals surface area contributed by atoms with Gasteiger partial charge >= 0.3 is 5.97 Å². The van der Waals surface area contributed by atoms with E-state index in [1.165, 1.54) is 22.7 Å². The fourth-order valence-corrected chi connectivity index (χ4v) is 3.87. The van der Waals surface area contributed by atoms with Gasteiger partial charge < -0.3 is 15.4 Å². The third kappa shape index (κ3) is 4.47. The maximum Gasteiger partial charge on any atom is 0.353 e. The fraction of sp³-hybridized carbons (Fsp3) is 0.150. The number of benzene rings is 1. The molecule has 0 radical (unpaired) electrons. The molecule has 4 rings (SSSR count). The Kier molecular flexibility index (Phi) is 5.23. The van der Waals surface area contributed by atoms with Crippen LogP contribution in [0.4, 0.5) is 10.7 Å². The highest BCUT2D eigenvalue weighted by Crippen LogP contribution is 2.32. The lowest BCUT2D eigenvalue weighted by molar-refractivity contribution is -0.117. The van der Waals surface area contributed by atoms with E-state index in [0.29, 0.717) is 26.9 Å². The number of anilines is 2. The standard InChI is InChI=1S/C20H16N2O4S2/c23-18(12-1-2-12)22-17-8-7-16(28-17)20(25)26-15-5-3-14(4-6-15)21-19(24)13-9-10-27-11-13/h3-12H,1-2H2,(H,21,24)(H,22,23). The second kappa shape index (κ2) is 7.95. The van der Waals surface area contributed by atoms with Gasteiger partial charge in [-0.15, -0.1) is 11.3 Å². The molecule has 2 heterocycles. The van der Waals surface area contributed by atoms with Gasteiger partial charge in [-0.05, 0) is 60.7 Å². The predicted octanol–water partition coefficient (Wildman–Crippen LogP) is 4.63. The lowest BCUT2D eigenvalue weighted by Crippen LogP contribution is -2.12. The highest BCUT2D eigenvalue weighted by Gasteiger charge is 2.30. The number of esters is 1. The van der Waals surface area contributed by atoms with Crippen LogP contribution >= 0.6 is 22.7 Å². The van der Waals surface area contributed by atoms with Crippen molar-refractivity contribution in [1.29, 1.82) is 0 Å². The van der Waals surface area contributed by atoms with Crippen LogP contribution in [-0.4, -0.2) is 17.8 Å². The summed E-state index contributed by atoms with van der Waals surface area (Å²) in [5.74, 6) is -0.203. The first kappa shape index (κ1) is 18.4. The number of rotatable bonds is 6. The molecule has 1 saturated carbocycles. The van der Waals surface area contributed by atoms with Crippen molar-refractivity contribution in [3.63, 3.8) is 0 Å². The van der Waals surface area contributed by atoms with E-state index in [-0.39, 0.29) is 17.7 Å². The van der Waals surface area contributed by atoms with Crippen LogP contribution in [0.25, 0.3) is 0 Å². The summed E-state index contributed by atoms with van der Waals surface area (Å²) >= 11 is 2.64. The van der Waals surface area contributed by atoms with Crippen molar-refractivity contribution in [1.82, 2.24) is 0 Å². The number of carbonyl (C=O) groups is 3. The minimum atomic E-state index is -0.494. The van der Waals surface area contributed by atoms with Crippen molar-refractivity contribution in [2.75, 3.05) is 10.6 Å². The SMILES string of the molecule is O=C(Nc1ccc(OC(=O)c2ccc(NC(=O)C3CC3)s2)cc1)c1ccsc1. The summed E-state index contributed by atoms with van der Waals surface area (Å²) in [6.07, 6.45) is 1.85. The van der Waals surface area contributed by atoms with E-state index in [2.05, 4.69) is 10.6 Å². The molecule has 2 amide bonds. The lowest BCUT2D eigenvalue weighted by Gasteiger charge is -2.06. The summed E-state index contributed by atoms with van der Waals surface area (Å²) in [5.41, 5.74) is 1.21. The molecule has 1 aromatic carbocycles. The van der Waals surface area contributed by atoms with Crippen LogP contribution in [0.2, 0.25) is 0 Å². The van der Waals surface area contributed by atoms with Crippen LogP contribution in [0, 0.1) is 5.92 Å². The molecule has 142 valence electrons. The number of nitrogens with one attached hydrogen (secondary N) is 2. The Morgan fingerprint density at radius 3 is 2.43 bits per heavy atom. The van der Waals surface area contributed by atoms with Gasteiger partial charge in [-0.25, -0.2) is 4.79 Å². The molecular formula is C20H16N2O4S2. The highest BCUT2D eigenvalue weighted by molar-refractivity contribution is 7.18. The Bertz CT molecular complexity index is 1010. The summed E-state index contributed by atoms with van der Waals surface area (Å²) in [5, 5.41) is 9.84. The molecular weight excluding hydrogens is 396 g/mol. The van der Waals surface area contributed by atoms with Crippen molar-refractivity contribution in [2.45, 2.75) is 12.8 Å². The monoisotopic (exact) mass is 412 g/mol. The summed E-state index contributed by atoms with van der Waals surface area (Å²) in [4.78, 5) is 36.5. The van der Waals surface area contributed by atoms with Crippen LogP contribution in [0.3, 0.4) is 0 Å². The number of thiophene rings is 2. The normalized spacial score (nSPS) is 13.0. The summed E-state index contributed by atoms with van der Waals surface area (Å²) in [6, 6.07) is 11.6. The maximum absolute atomic E-state index is 12.3. The zero-order valence-corrected chi connectivity index (χ0v) is 16.3. The number of hydrogen-bond acceptors (Lipinski definition) is 6. The largest absolute Gasteiger partial charge is 0.422 e. The van der Waals surface area contributed by atoms with Crippen LogP contribution in [0.15, 0.2) is 53.2 Å².